The lowest BCUT2D eigenvalue weighted by atomic mass is 10.3. The molecule has 0 spiro atoms. The second-order valence-corrected chi connectivity index (χ2v) is 5.88. The predicted molar refractivity (Wildman–Crippen MR) is 64.7 cm³/mol. The van der Waals surface area contributed by atoms with Crippen molar-refractivity contribution in [2.45, 2.75) is 19.3 Å². The molecule has 1 heterocycles. The number of nitrogens with one attached hydrogen (secondary N) is 1. The summed E-state index contributed by atoms with van der Waals surface area (Å²) in [6.45, 7) is 1.76. The van der Waals surface area contributed by atoms with Crippen LogP contribution in [0.4, 0.5) is 5.95 Å². The van der Waals surface area contributed by atoms with Gasteiger partial charge >= 0.3 is 7.60 Å². The minimum atomic E-state index is -4.08. The van der Waals surface area contributed by atoms with Crippen LogP contribution in [0.1, 0.15) is 12.5 Å². The molecule has 0 bridgehead atoms. The highest BCUT2D eigenvalue weighted by atomic mass is 31.2. The minimum Gasteiger partial charge on any atom is -0.347 e. The van der Waals surface area contributed by atoms with Gasteiger partial charge in [0.2, 0.25) is 5.95 Å². The summed E-state index contributed by atoms with van der Waals surface area (Å²) in [6, 6.07) is 0. The van der Waals surface area contributed by atoms with Gasteiger partial charge in [-0.15, -0.1) is 0 Å². The summed E-state index contributed by atoms with van der Waals surface area (Å²) in [5.74, 6) is -0.284. The molecule has 0 amide bonds. The molecule has 0 aliphatic heterocycles. The quantitative estimate of drug-likeness (QED) is 0.648. The highest BCUT2D eigenvalue weighted by Gasteiger charge is 2.22. The van der Waals surface area contributed by atoms with E-state index in [0.717, 1.165) is 5.56 Å². The number of anilines is 1. The van der Waals surface area contributed by atoms with Crippen molar-refractivity contribution in [3.63, 3.8) is 0 Å². The van der Waals surface area contributed by atoms with Crippen LogP contribution in [0.2, 0.25) is 0 Å². The number of hydrogen-bond donors (Lipinski definition) is 3. The topological polar surface area (TPSA) is 98.6 Å². The first-order chi connectivity index (χ1) is 7.80. The van der Waals surface area contributed by atoms with Gasteiger partial charge in [-0.25, -0.2) is 9.97 Å². The third kappa shape index (κ3) is 4.40. The van der Waals surface area contributed by atoms with Gasteiger partial charge in [0.25, 0.3) is 0 Å². The summed E-state index contributed by atoms with van der Waals surface area (Å²) in [7, 11) is -0.406. The van der Waals surface area contributed by atoms with Gasteiger partial charge in [0.15, 0.2) is 0 Å². The maximum atomic E-state index is 10.9. The van der Waals surface area contributed by atoms with Crippen LogP contribution in [0.25, 0.3) is 0 Å². The van der Waals surface area contributed by atoms with Gasteiger partial charge in [0, 0.05) is 38.6 Å². The standard InChI is InChI=1S/C9H17N4O3P/c1-7(17(14,15)16)10-4-8-5-11-9(12-6-8)13(2)3/h5-7,10H,4H2,1-3H3,(H2,14,15,16)/t7-/m0/s1. The molecule has 0 aliphatic carbocycles. The Bertz CT molecular complexity index is 403. The molecule has 7 nitrogen and oxygen atoms in total. The molecule has 0 aromatic carbocycles. The Kier molecular flexibility index (Phi) is 4.59. The average molecular weight is 260 g/mol. The molecule has 0 fully saturated rings. The van der Waals surface area contributed by atoms with Crippen LogP contribution in [0, 0.1) is 0 Å². The number of hydrogen-bond acceptors (Lipinski definition) is 5. The second-order valence-electron chi connectivity index (χ2n) is 3.93. The van der Waals surface area contributed by atoms with E-state index in [-0.39, 0.29) is 0 Å². The van der Waals surface area contributed by atoms with Crippen molar-refractivity contribution in [1.29, 1.82) is 0 Å². The van der Waals surface area contributed by atoms with Gasteiger partial charge in [-0.1, -0.05) is 0 Å². The highest BCUT2D eigenvalue weighted by Crippen LogP contribution is 2.39. The zero-order valence-electron chi connectivity index (χ0n) is 10.0. The summed E-state index contributed by atoms with van der Waals surface area (Å²) >= 11 is 0. The van der Waals surface area contributed by atoms with E-state index in [0.29, 0.717) is 12.5 Å². The van der Waals surface area contributed by atoms with Crippen molar-refractivity contribution in [2.24, 2.45) is 0 Å². The summed E-state index contributed by atoms with van der Waals surface area (Å²) in [6.07, 6.45) is 3.25. The van der Waals surface area contributed by atoms with Crippen LogP contribution < -0.4 is 10.2 Å². The van der Waals surface area contributed by atoms with Gasteiger partial charge in [0.05, 0.1) is 0 Å². The zero-order valence-corrected chi connectivity index (χ0v) is 10.9. The van der Waals surface area contributed by atoms with Crippen LogP contribution in [0.3, 0.4) is 0 Å². The van der Waals surface area contributed by atoms with E-state index in [1.807, 2.05) is 14.1 Å². The Morgan fingerprint density at radius 1 is 1.41 bits per heavy atom. The molecule has 0 aliphatic rings. The molecule has 0 saturated carbocycles. The average Bonchev–Trinajstić information content (AvgIpc) is 2.25. The molecular weight excluding hydrogens is 243 g/mol. The number of nitrogens with zero attached hydrogens (tertiary/aromatic N) is 3. The van der Waals surface area contributed by atoms with Gasteiger partial charge in [-0.05, 0) is 6.92 Å². The lowest BCUT2D eigenvalue weighted by molar-refractivity contribution is 0.350. The molecule has 1 atom stereocenters. The third-order valence-electron chi connectivity index (χ3n) is 2.20. The first-order valence-corrected chi connectivity index (χ1v) is 6.75. The van der Waals surface area contributed by atoms with Crippen LogP contribution in [-0.4, -0.2) is 39.6 Å². The Morgan fingerprint density at radius 3 is 2.35 bits per heavy atom. The van der Waals surface area contributed by atoms with E-state index in [4.69, 9.17) is 9.79 Å². The first-order valence-electron chi connectivity index (χ1n) is 5.07. The van der Waals surface area contributed by atoms with E-state index < -0.39 is 13.4 Å². The molecule has 96 valence electrons. The molecule has 1 aromatic rings. The molecule has 1 rings (SSSR count). The largest absolute Gasteiger partial charge is 0.347 e. The van der Waals surface area contributed by atoms with Crippen molar-refractivity contribution < 1.29 is 14.4 Å². The normalized spacial score (nSPS) is 13.5. The molecule has 0 unspecified atom stereocenters. The summed E-state index contributed by atoms with van der Waals surface area (Å²) in [5, 5.41) is 2.73. The third-order valence-corrected chi connectivity index (χ3v) is 3.39. The van der Waals surface area contributed by atoms with E-state index in [1.54, 1.807) is 17.3 Å². The fraction of sp³-hybridized carbons (Fsp3) is 0.556. The summed E-state index contributed by atoms with van der Waals surface area (Å²) in [5.41, 5.74) is 0.774. The Morgan fingerprint density at radius 2 is 1.94 bits per heavy atom. The van der Waals surface area contributed by atoms with Crippen molar-refractivity contribution in [2.75, 3.05) is 19.0 Å². The van der Waals surface area contributed by atoms with Gasteiger partial charge < -0.3 is 14.7 Å². The lowest BCUT2D eigenvalue weighted by Crippen LogP contribution is -2.25. The SMILES string of the molecule is C[C@@H](NCc1cnc(N(C)C)nc1)P(=O)(O)O. The van der Waals surface area contributed by atoms with Gasteiger partial charge in [0.1, 0.15) is 5.78 Å². The molecule has 3 N–H and O–H groups in total. The lowest BCUT2D eigenvalue weighted by Gasteiger charge is -2.15. The van der Waals surface area contributed by atoms with Crippen LogP contribution in [0.5, 0.6) is 0 Å². The minimum absolute atomic E-state index is 0.319. The van der Waals surface area contributed by atoms with Crippen LogP contribution in [-0.2, 0) is 11.1 Å². The molecule has 8 heteroatoms. The summed E-state index contributed by atoms with van der Waals surface area (Å²) in [4.78, 5) is 27.8. The van der Waals surface area contributed by atoms with Crippen molar-refractivity contribution in [1.82, 2.24) is 15.3 Å². The van der Waals surface area contributed by atoms with Crippen molar-refractivity contribution in [3.05, 3.63) is 18.0 Å². The molecule has 1 aromatic heterocycles. The van der Waals surface area contributed by atoms with E-state index in [9.17, 15) is 4.57 Å². The molecular formula is C9H17N4O3P. The maximum absolute atomic E-state index is 10.9. The van der Waals surface area contributed by atoms with Crippen molar-refractivity contribution >= 4 is 13.5 Å². The second kappa shape index (κ2) is 5.55. The predicted octanol–water partition coefficient (Wildman–Crippen LogP) is 0.156. The number of rotatable bonds is 5. The fourth-order valence-corrected chi connectivity index (χ4v) is 1.38. The molecule has 17 heavy (non-hydrogen) atoms. The smallest absolute Gasteiger partial charge is 0.342 e. The molecule has 0 radical (unpaired) electrons. The maximum Gasteiger partial charge on any atom is 0.342 e. The fourth-order valence-electron chi connectivity index (χ4n) is 1.05. The van der Waals surface area contributed by atoms with Gasteiger partial charge in [-0.2, -0.15) is 0 Å². The van der Waals surface area contributed by atoms with Gasteiger partial charge in [-0.3, -0.25) is 9.88 Å². The Balaban J connectivity index is 2.56. The first kappa shape index (κ1) is 14.1. The van der Waals surface area contributed by atoms with E-state index in [2.05, 4.69) is 15.3 Å². The summed E-state index contributed by atoms with van der Waals surface area (Å²) < 4.78 is 10.9. The van der Waals surface area contributed by atoms with Crippen molar-refractivity contribution in [3.8, 4) is 0 Å². The highest BCUT2D eigenvalue weighted by molar-refractivity contribution is 7.52. The van der Waals surface area contributed by atoms with E-state index in [1.165, 1.54) is 6.92 Å². The van der Waals surface area contributed by atoms with E-state index >= 15 is 0 Å². The number of aromatic nitrogens is 2. The van der Waals surface area contributed by atoms with Crippen LogP contribution >= 0.6 is 7.60 Å². The Labute approximate surface area is 100 Å². The Hall–Kier alpha value is -1.01. The zero-order chi connectivity index (χ0) is 13.1. The molecule has 0 saturated heterocycles. The monoisotopic (exact) mass is 260 g/mol. The van der Waals surface area contributed by atoms with Crippen LogP contribution in [0.15, 0.2) is 12.4 Å².